The van der Waals surface area contributed by atoms with Crippen molar-refractivity contribution < 1.29 is 9.47 Å². The molecule has 2 nitrogen and oxygen atoms in total. The van der Waals surface area contributed by atoms with Crippen LogP contribution >= 0.6 is 0 Å². The van der Waals surface area contributed by atoms with Gasteiger partial charge in [0.2, 0.25) is 0 Å². The topological polar surface area (TPSA) is 18.5 Å². The summed E-state index contributed by atoms with van der Waals surface area (Å²) in [5.41, 5.74) is 6.27. The molecule has 0 unspecified atom stereocenters. The van der Waals surface area contributed by atoms with Crippen molar-refractivity contribution in [3.63, 3.8) is 0 Å². The first-order valence-electron chi connectivity index (χ1n) is 13.0. The standard InChI is InChI=1S/C32H42O2/c1-7-26(8-2)22-33-30-18-16-28(20-24(30)5)32(9-3,10-4)29-17-19-31(25(6)21-29)34-23-27-14-12-11-13-15-27/h11-21,26H,7-10,22-23H2,1-6H3. The fourth-order valence-corrected chi connectivity index (χ4v) is 4.92. The number of hydrogen-bond acceptors (Lipinski definition) is 2. The molecule has 3 aromatic rings. The van der Waals surface area contributed by atoms with Crippen LogP contribution in [-0.2, 0) is 12.0 Å². The van der Waals surface area contributed by atoms with E-state index in [1.807, 2.05) is 6.07 Å². The molecule has 0 N–H and O–H groups in total. The quantitative estimate of drug-likeness (QED) is 0.270. The molecule has 2 heteroatoms. The van der Waals surface area contributed by atoms with Gasteiger partial charge in [-0.05, 0) is 72.6 Å². The lowest BCUT2D eigenvalue weighted by molar-refractivity contribution is 0.239. The zero-order valence-corrected chi connectivity index (χ0v) is 22.0. The molecule has 0 bridgehead atoms. The van der Waals surface area contributed by atoms with Crippen molar-refractivity contribution in [3.8, 4) is 11.5 Å². The minimum Gasteiger partial charge on any atom is -0.493 e. The van der Waals surface area contributed by atoms with Gasteiger partial charge < -0.3 is 9.47 Å². The Morgan fingerprint density at radius 3 is 1.68 bits per heavy atom. The summed E-state index contributed by atoms with van der Waals surface area (Å²) in [5.74, 6) is 2.59. The van der Waals surface area contributed by atoms with Crippen LogP contribution in [0, 0.1) is 19.8 Å². The largest absolute Gasteiger partial charge is 0.493 e. The second-order valence-electron chi connectivity index (χ2n) is 9.52. The molecule has 3 rings (SSSR count). The van der Waals surface area contributed by atoms with Gasteiger partial charge in [0, 0.05) is 5.41 Å². The van der Waals surface area contributed by atoms with Crippen LogP contribution in [0.4, 0.5) is 0 Å². The predicted molar refractivity (Wildman–Crippen MR) is 144 cm³/mol. The van der Waals surface area contributed by atoms with Gasteiger partial charge in [0.05, 0.1) is 6.61 Å². The van der Waals surface area contributed by atoms with Crippen molar-refractivity contribution >= 4 is 0 Å². The van der Waals surface area contributed by atoms with Gasteiger partial charge in [-0.25, -0.2) is 0 Å². The van der Waals surface area contributed by atoms with Crippen molar-refractivity contribution in [2.24, 2.45) is 5.92 Å². The summed E-state index contributed by atoms with van der Waals surface area (Å²) in [4.78, 5) is 0. The minimum absolute atomic E-state index is 0.0264. The average molecular weight is 459 g/mol. The summed E-state index contributed by atoms with van der Waals surface area (Å²) >= 11 is 0. The molecule has 0 aliphatic rings. The van der Waals surface area contributed by atoms with Gasteiger partial charge in [-0.2, -0.15) is 0 Å². The molecule has 3 aromatic carbocycles. The summed E-state index contributed by atoms with van der Waals surface area (Å²) in [6.45, 7) is 14.8. The minimum atomic E-state index is -0.0264. The van der Waals surface area contributed by atoms with E-state index in [0.717, 1.165) is 43.8 Å². The van der Waals surface area contributed by atoms with Gasteiger partial charge in [0.1, 0.15) is 18.1 Å². The molecule has 0 aliphatic carbocycles. The van der Waals surface area contributed by atoms with Crippen LogP contribution in [0.5, 0.6) is 11.5 Å². The molecule has 0 spiro atoms. The van der Waals surface area contributed by atoms with Gasteiger partial charge in [0.15, 0.2) is 0 Å². The van der Waals surface area contributed by atoms with Crippen LogP contribution in [0.1, 0.15) is 81.2 Å². The second-order valence-corrected chi connectivity index (χ2v) is 9.52. The van der Waals surface area contributed by atoms with Crippen molar-refractivity contribution in [2.75, 3.05) is 6.61 Å². The molecule has 34 heavy (non-hydrogen) atoms. The summed E-state index contributed by atoms with van der Waals surface area (Å²) in [6, 6.07) is 23.9. The van der Waals surface area contributed by atoms with Crippen LogP contribution in [0.3, 0.4) is 0 Å². The van der Waals surface area contributed by atoms with E-state index in [1.165, 1.54) is 27.8 Å². The summed E-state index contributed by atoms with van der Waals surface area (Å²) in [5, 5.41) is 0. The maximum Gasteiger partial charge on any atom is 0.122 e. The summed E-state index contributed by atoms with van der Waals surface area (Å²) in [7, 11) is 0. The Morgan fingerprint density at radius 1 is 0.676 bits per heavy atom. The Morgan fingerprint density at radius 2 is 1.21 bits per heavy atom. The monoisotopic (exact) mass is 458 g/mol. The highest BCUT2D eigenvalue weighted by Crippen LogP contribution is 2.41. The lowest BCUT2D eigenvalue weighted by Gasteiger charge is -2.34. The Balaban J connectivity index is 1.83. The average Bonchev–Trinajstić information content (AvgIpc) is 2.87. The van der Waals surface area contributed by atoms with Crippen molar-refractivity contribution in [3.05, 3.63) is 94.5 Å². The van der Waals surface area contributed by atoms with E-state index in [4.69, 9.17) is 9.47 Å². The van der Waals surface area contributed by atoms with E-state index in [-0.39, 0.29) is 5.41 Å². The van der Waals surface area contributed by atoms with Crippen molar-refractivity contribution in [1.82, 2.24) is 0 Å². The van der Waals surface area contributed by atoms with Crippen LogP contribution in [0.25, 0.3) is 0 Å². The van der Waals surface area contributed by atoms with Crippen LogP contribution in [0.2, 0.25) is 0 Å². The number of hydrogen-bond donors (Lipinski definition) is 0. The maximum atomic E-state index is 6.20. The zero-order chi connectivity index (χ0) is 24.6. The normalized spacial score (nSPS) is 11.6. The van der Waals surface area contributed by atoms with Crippen LogP contribution in [-0.4, -0.2) is 6.61 Å². The Hall–Kier alpha value is -2.74. The highest BCUT2D eigenvalue weighted by Gasteiger charge is 2.31. The first-order chi connectivity index (χ1) is 16.5. The molecule has 0 radical (unpaired) electrons. The molecule has 0 aliphatic heterocycles. The van der Waals surface area contributed by atoms with E-state index < -0.39 is 0 Å². The van der Waals surface area contributed by atoms with Gasteiger partial charge in [-0.15, -0.1) is 0 Å². The molecule has 0 fully saturated rings. The molecular weight excluding hydrogens is 416 g/mol. The van der Waals surface area contributed by atoms with Gasteiger partial charge in [-0.1, -0.05) is 95.1 Å². The molecule has 0 aromatic heterocycles. The predicted octanol–water partition coefficient (Wildman–Crippen LogP) is 8.80. The highest BCUT2D eigenvalue weighted by molar-refractivity contribution is 5.48. The van der Waals surface area contributed by atoms with E-state index in [2.05, 4.69) is 102 Å². The van der Waals surface area contributed by atoms with Crippen LogP contribution in [0.15, 0.2) is 66.7 Å². The van der Waals surface area contributed by atoms with Gasteiger partial charge in [-0.3, -0.25) is 0 Å². The third-order valence-corrected chi connectivity index (χ3v) is 7.53. The third-order valence-electron chi connectivity index (χ3n) is 7.53. The number of aryl methyl sites for hydroxylation is 2. The Kier molecular flexibility index (Phi) is 9.21. The lowest BCUT2D eigenvalue weighted by Crippen LogP contribution is -2.26. The summed E-state index contributed by atoms with van der Waals surface area (Å²) < 4.78 is 12.3. The molecule has 0 amide bonds. The molecular formula is C32H42O2. The van der Waals surface area contributed by atoms with Gasteiger partial charge >= 0.3 is 0 Å². The molecule has 0 saturated carbocycles. The molecule has 0 heterocycles. The lowest BCUT2D eigenvalue weighted by atomic mass is 9.70. The van der Waals surface area contributed by atoms with Crippen molar-refractivity contribution in [2.45, 2.75) is 79.2 Å². The fourth-order valence-electron chi connectivity index (χ4n) is 4.92. The Bertz CT molecular complexity index is 1030. The summed E-state index contributed by atoms with van der Waals surface area (Å²) in [6.07, 6.45) is 4.40. The van der Waals surface area contributed by atoms with E-state index in [9.17, 15) is 0 Å². The first kappa shape index (κ1) is 25.9. The highest BCUT2D eigenvalue weighted by atomic mass is 16.5. The fraction of sp³-hybridized carbons (Fsp3) is 0.438. The van der Waals surface area contributed by atoms with Gasteiger partial charge in [0.25, 0.3) is 0 Å². The number of ether oxygens (including phenoxy) is 2. The maximum absolute atomic E-state index is 6.20. The second kappa shape index (κ2) is 12.1. The Labute approximate surface area is 207 Å². The molecule has 0 atom stereocenters. The zero-order valence-electron chi connectivity index (χ0n) is 22.0. The number of rotatable bonds is 12. The van der Waals surface area contributed by atoms with E-state index in [1.54, 1.807) is 0 Å². The van der Waals surface area contributed by atoms with Crippen molar-refractivity contribution in [1.29, 1.82) is 0 Å². The molecule has 182 valence electrons. The van der Waals surface area contributed by atoms with E-state index >= 15 is 0 Å². The third kappa shape index (κ3) is 5.84. The smallest absolute Gasteiger partial charge is 0.122 e. The first-order valence-corrected chi connectivity index (χ1v) is 13.0. The SMILES string of the molecule is CCC(CC)COc1ccc(C(CC)(CC)c2ccc(OCc3ccccc3)c(C)c2)cc1C. The van der Waals surface area contributed by atoms with Crippen LogP contribution < -0.4 is 9.47 Å². The molecule has 0 saturated heterocycles. The number of benzene rings is 3. The van der Waals surface area contributed by atoms with E-state index in [0.29, 0.717) is 12.5 Å².